The van der Waals surface area contributed by atoms with E-state index in [9.17, 15) is 8.42 Å². The van der Waals surface area contributed by atoms with Crippen LogP contribution in [0.1, 0.15) is 43.5 Å². The molecule has 1 aromatic heterocycles. The lowest BCUT2D eigenvalue weighted by Gasteiger charge is -2.30. The minimum Gasteiger partial charge on any atom is -0.342 e. The van der Waals surface area contributed by atoms with E-state index in [2.05, 4.69) is 9.97 Å². The van der Waals surface area contributed by atoms with Crippen LogP contribution in [-0.4, -0.2) is 35.8 Å². The van der Waals surface area contributed by atoms with Crippen molar-refractivity contribution in [3.8, 4) is 0 Å². The molecule has 0 unspecified atom stereocenters. The number of hydrogen-bond acceptors (Lipinski definition) is 3. The minimum absolute atomic E-state index is 0.124. The number of benzene rings is 2. The molecule has 0 atom stereocenters. The van der Waals surface area contributed by atoms with Crippen LogP contribution in [0.4, 0.5) is 0 Å². The van der Waals surface area contributed by atoms with E-state index < -0.39 is 10.0 Å². The van der Waals surface area contributed by atoms with Gasteiger partial charge in [0.2, 0.25) is 10.0 Å². The summed E-state index contributed by atoms with van der Waals surface area (Å²) in [6, 6.07) is 15.2. The summed E-state index contributed by atoms with van der Waals surface area (Å²) < 4.78 is 27.4. The highest BCUT2D eigenvalue weighted by molar-refractivity contribution is 7.89. The number of H-pyrrole nitrogens is 1. The van der Waals surface area contributed by atoms with E-state index in [-0.39, 0.29) is 6.04 Å². The van der Waals surface area contributed by atoms with Crippen LogP contribution in [0.5, 0.6) is 0 Å². The maximum Gasteiger partial charge on any atom is 0.243 e. The summed E-state index contributed by atoms with van der Waals surface area (Å²) in [6.07, 6.45) is 6.00. The molecule has 0 aliphatic heterocycles. The molecule has 1 aliphatic carbocycles. The van der Waals surface area contributed by atoms with E-state index in [1.54, 1.807) is 23.5 Å². The summed E-state index contributed by atoms with van der Waals surface area (Å²) in [4.78, 5) is 8.26. The Morgan fingerprint density at radius 2 is 1.74 bits per heavy atom. The third-order valence-electron chi connectivity index (χ3n) is 5.50. The predicted octanol–water partition coefficient (Wildman–Crippen LogP) is 4.11. The van der Waals surface area contributed by atoms with E-state index in [0.717, 1.165) is 48.1 Å². The molecule has 0 saturated heterocycles. The van der Waals surface area contributed by atoms with Crippen LogP contribution >= 0.6 is 0 Å². The molecule has 1 saturated carbocycles. The monoisotopic (exact) mass is 383 g/mol. The summed E-state index contributed by atoms with van der Waals surface area (Å²) in [7, 11) is -1.72. The quantitative estimate of drug-likeness (QED) is 0.721. The van der Waals surface area contributed by atoms with Gasteiger partial charge >= 0.3 is 0 Å². The van der Waals surface area contributed by atoms with E-state index >= 15 is 0 Å². The highest BCUT2D eigenvalue weighted by Gasteiger charge is 2.28. The van der Waals surface area contributed by atoms with Crippen LogP contribution < -0.4 is 0 Å². The molecule has 1 aliphatic rings. The number of aromatic nitrogens is 2. The molecule has 1 fully saturated rings. The van der Waals surface area contributed by atoms with E-state index in [1.165, 1.54) is 6.42 Å². The van der Waals surface area contributed by atoms with Gasteiger partial charge in [-0.05, 0) is 42.7 Å². The number of nitrogens with one attached hydrogen (secondary N) is 1. The average Bonchev–Trinajstić information content (AvgIpc) is 3.10. The smallest absolute Gasteiger partial charge is 0.243 e. The van der Waals surface area contributed by atoms with Crippen molar-refractivity contribution in [1.82, 2.24) is 14.3 Å². The third kappa shape index (κ3) is 3.77. The normalized spacial score (nSPS) is 16.2. The van der Waals surface area contributed by atoms with Crippen molar-refractivity contribution in [3.05, 3.63) is 59.9 Å². The number of aromatic amines is 1. The topological polar surface area (TPSA) is 66.1 Å². The maximum absolute atomic E-state index is 12.9. The lowest BCUT2D eigenvalue weighted by atomic mass is 9.96. The van der Waals surface area contributed by atoms with Crippen molar-refractivity contribution in [2.45, 2.75) is 49.5 Å². The van der Waals surface area contributed by atoms with Gasteiger partial charge in [0.1, 0.15) is 5.82 Å². The van der Waals surface area contributed by atoms with Gasteiger partial charge in [0, 0.05) is 19.5 Å². The molecule has 1 N–H and O–H groups in total. The van der Waals surface area contributed by atoms with E-state index in [4.69, 9.17) is 0 Å². The first kappa shape index (κ1) is 18.2. The van der Waals surface area contributed by atoms with Crippen molar-refractivity contribution in [2.75, 3.05) is 7.05 Å². The van der Waals surface area contributed by atoms with Gasteiger partial charge in [-0.1, -0.05) is 43.5 Å². The van der Waals surface area contributed by atoms with Gasteiger partial charge in [-0.25, -0.2) is 13.4 Å². The van der Waals surface area contributed by atoms with Gasteiger partial charge < -0.3 is 4.98 Å². The average molecular weight is 384 g/mol. The Kier molecular flexibility index (Phi) is 5.02. The first-order valence-electron chi connectivity index (χ1n) is 9.54. The molecule has 1 heterocycles. The van der Waals surface area contributed by atoms with Crippen molar-refractivity contribution in [1.29, 1.82) is 0 Å². The fraction of sp³-hybridized carbons (Fsp3) is 0.381. The van der Waals surface area contributed by atoms with Gasteiger partial charge in [0.05, 0.1) is 15.9 Å². The second-order valence-corrected chi connectivity index (χ2v) is 9.33. The number of rotatable bonds is 5. The molecular weight excluding hydrogens is 358 g/mol. The standard InChI is InChI=1S/C21H25N3O2S/c1-24(17-7-3-2-4-8-17)27(25,26)18-13-11-16(12-14-18)15-21-22-19-9-5-6-10-20(19)23-21/h5-6,9-14,17H,2-4,7-8,15H2,1H3,(H,22,23). The zero-order valence-corrected chi connectivity index (χ0v) is 16.4. The van der Waals surface area contributed by atoms with E-state index in [0.29, 0.717) is 11.3 Å². The molecular formula is C21H25N3O2S. The zero-order valence-electron chi connectivity index (χ0n) is 15.6. The van der Waals surface area contributed by atoms with Crippen LogP contribution in [0.15, 0.2) is 53.4 Å². The maximum atomic E-state index is 12.9. The van der Waals surface area contributed by atoms with Crippen LogP contribution in [0, 0.1) is 0 Å². The van der Waals surface area contributed by atoms with Crippen molar-refractivity contribution in [2.24, 2.45) is 0 Å². The Morgan fingerprint density at radius 1 is 1.04 bits per heavy atom. The third-order valence-corrected chi connectivity index (χ3v) is 7.42. The first-order chi connectivity index (χ1) is 13.0. The Balaban J connectivity index is 1.50. The second-order valence-electron chi connectivity index (χ2n) is 7.33. The van der Waals surface area contributed by atoms with Gasteiger partial charge in [-0.2, -0.15) is 4.31 Å². The molecule has 27 heavy (non-hydrogen) atoms. The summed E-state index contributed by atoms with van der Waals surface area (Å²) in [6.45, 7) is 0. The predicted molar refractivity (Wildman–Crippen MR) is 107 cm³/mol. The fourth-order valence-corrected chi connectivity index (χ4v) is 5.29. The van der Waals surface area contributed by atoms with Crippen molar-refractivity contribution < 1.29 is 8.42 Å². The van der Waals surface area contributed by atoms with Gasteiger partial charge in [0.15, 0.2) is 0 Å². The Bertz CT molecular complexity index is 986. The lowest BCUT2D eigenvalue weighted by molar-refractivity contribution is 0.286. The largest absolute Gasteiger partial charge is 0.342 e. The Hall–Kier alpha value is -2.18. The second kappa shape index (κ2) is 7.44. The molecule has 3 aromatic rings. The lowest BCUT2D eigenvalue weighted by Crippen LogP contribution is -2.38. The van der Waals surface area contributed by atoms with Crippen LogP contribution in [0.25, 0.3) is 11.0 Å². The van der Waals surface area contributed by atoms with Crippen molar-refractivity contribution in [3.63, 3.8) is 0 Å². The number of imidazole rings is 1. The van der Waals surface area contributed by atoms with Gasteiger partial charge in [-0.15, -0.1) is 0 Å². The molecule has 0 bridgehead atoms. The van der Waals surface area contributed by atoms with E-state index in [1.807, 2.05) is 36.4 Å². The highest BCUT2D eigenvalue weighted by Crippen LogP contribution is 2.26. The molecule has 0 amide bonds. The molecule has 6 heteroatoms. The summed E-state index contributed by atoms with van der Waals surface area (Å²) in [5.74, 6) is 0.881. The number of para-hydroxylation sites is 2. The molecule has 142 valence electrons. The molecule has 2 aromatic carbocycles. The number of nitrogens with zero attached hydrogens (tertiary/aromatic N) is 2. The summed E-state index contributed by atoms with van der Waals surface area (Å²) >= 11 is 0. The summed E-state index contributed by atoms with van der Waals surface area (Å²) in [5, 5.41) is 0. The van der Waals surface area contributed by atoms with Crippen LogP contribution in [-0.2, 0) is 16.4 Å². The number of sulfonamides is 1. The van der Waals surface area contributed by atoms with Crippen LogP contribution in [0.2, 0.25) is 0 Å². The molecule has 4 rings (SSSR count). The zero-order chi connectivity index (χ0) is 18.9. The minimum atomic E-state index is -3.44. The van der Waals surface area contributed by atoms with Gasteiger partial charge in [0.25, 0.3) is 0 Å². The Labute approximate surface area is 160 Å². The SMILES string of the molecule is CN(C1CCCCC1)S(=O)(=O)c1ccc(Cc2nc3ccccc3[nH]2)cc1. The van der Waals surface area contributed by atoms with Crippen LogP contribution in [0.3, 0.4) is 0 Å². The van der Waals surface area contributed by atoms with Gasteiger partial charge in [-0.3, -0.25) is 0 Å². The summed E-state index contributed by atoms with van der Waals surface area (Å²) in [5.41, 5.74) is 3.00. The Morgan fingerprint density at radius 3 is 2.44 bits per heavy atom. The fourth-order valence-electron chi connectivity index (χ4n) is 3.87. The molecule has 0 radical (unpaired) electrons. The van der Waals surface area contributed by atoms with Crippen molar-refractivity contribution >= 4 is 21.1 Å². The first-order valence-corrected chi connectivity index (χ1v) is 11.0. The molecule has 0 spiro atoms. The molecule has 5 nitrogen and oxygen atoms in total. The highest BCUT2D eigenvalue weighted by atomic mass is 32.2. The number of hydrogen-bond donors (Lipinski definition) is 1. The number of fused-ring (bicyclic) bond motifs is 1.